The Morgan fingerprint density at radius 1 is 1.03 bits per heavy atom. The summed E-state index contributed by atoms with van der Waals surface area (Å²) in [5.41, 5.74) is 2.67. The highest BCUT2D eigenvalue weighted by molar-refractivity contribution is 6.04. The van der Waals surface area contributed by atoms with Gasteiger partial charge in [0.2, 0.25) is 0 Å². The van der Waals surface area contributed by atoms with Crippen molar-refractivity contribution in [3.8, 4) is 16.8 Å². The fraction of sp³-hybridized carbons (Fsp3) is 0.0909. The zero-order valence-corrected chi connectivity index (χ0v) is 16.3. The third-order valence-corrected chi connectivity index (χ3v) is 4.62. The summed E-state index contributed by atoms with van der Waals surface area (Å²) in [6.07, 6.45) is 3.39. The number of aryl methyl sites for hydroxylation is 1. The maximum atomic E-state index is 12.9. The van der Waals surface area contributed by atoms with Crippen LogP contribution in [0.25, 0.3) is 16.8 Å². The SMILES string of the molecule is Cc1ccc(C(=O)Nc2cc(C(F)(F)F)ccn2)cc1-n1cc(-c2cccnc2)cn1. The molecule has 0 atom stereocenters. The smallest absolute Gasteiger partial charge is 0.307 e. The Balaban J connectivity index is 1.60. The zero-order chi connectivity index (χ0) is 22.0. The highest BCUT2D eigenvalue weighted by atomic mass is 19.4. The fourth-order valence-electron chi connectivity index (χ4n) is 3.00. The Morgan fingerprint density at radius 2 is 1.87 bits per heavy atom. The van der Waals surface area contributed by atoms with Gasteiger partial charge in [0.1, 0.15) is 5.82 Å². The number of rotatable bonds is 4. The maximum Gasteiger partial charge on any atom is 0.416 e. The Morgan fingerprint density at radius 3 is 2.61 bits per heavy atom. The van der Waals surface area contributed by atoms with Crippen molar-refractivity contribution in [3.63, 3.8) is 0 Å². The second kappa shape index (κ2) is 8.02. The third-order valence-electron chi connectivity index (χ3n) is 4.62. The topological polar surface area (TPSA) is 72.7 Å². The van der Waals surface area contributed by atoms with Crippen molar-refractivity contribution in [2.45, 2.75) is 13.1 Å². The molecule has 4 rings (SSSR count). The molecule has 0 radical (unpaired) electrons. The summed E-state index contributed by atoms with van der Waals surface area (Å²) < 4.78 is 40.3. The first kappa shape index (κ1) is 20.3. The molecule has 1 amide bonds. The van der Waals surface area contributed by atoms with E-state index in [1.54, 1.807) is 41.5 Å². The Bertz CT molecular complexity index is 1240. The number of carbonyl (C=O) groups is 1. The lowest BCUT2D eigenvalue weighted by molar-refractivity contribution is -0.137. The first-order valence-electron chi connectivity index (χ1n) is 9.22. The highest BCUT2D eigenvalue weighted by Gasteiger charge is 2.30. The van der Waals surface area contributed by atoms with Crippen molar-refractivity contribution in [1.29, 1.82) is 0 Å². The molecule has 6 nitrogen and oxygen atoms in total. The largest absolute Gasteiger partial charge is 0.416 e. The molecule has 0 aliphatic heterocycles. The van der Waals surface area contributed by atoms with Crippen LogP contribution in [0.4, 0.5) is 19.0 Å². The monoisotopic (exact) mass is 423 g/mol. The lowest BCUT2D eigenvalue weighted by Crippen LogP contribution is -2.15. The predicted molar refractivity (Wildman–Crippen MR) is 109 cm³/mol. The minimum Gasteiger partial charge on any atom is -0.307 e. The van der Waals surface area contributed by atoms with Gasteiger partial charge in [0.15, 0.2) is 0 Å². The van der Waals surface area contributed by atoms with E-state index < -0.39 is 17.6 Å². The first-order chi connectivity index (χ1) is 14.8. The van der Waals surface area contributed by atoms with Crippen molar-refractivity contribution >= 4 is 11.7 Å². The van der Waals surface area contributed by atoms with E-state index in [1.165, 1.54) is 0 Å². The number of nitrogens with zero attached hydrogens (tertiary/aromatic N) is 4. The Kier molecular flexibility index (Phi) is 5.24. The zero-order valence-electron chi connectivity index (χ0n) is 16.3. The second-order valence-corrected chi connectivity index (χ2v) is 6.80. The molecule has 1 N–H and O–H groups in total. The number of aromatic nitrogens is 4. The molecular formula is C22H16F3N5O. The van der Waals surface area contributed by atoms with Crippen molar-refractivity contribution in [3.05, 3.63) is 90.1 Å². The van der Waals surface area contributed by atoms with E-state index in [1.807, 2.05) is 25.3 Å². The number of hydrogen-bond donors (Lipinski definition) is 1. The summed E-state index contributed by atoms with van der Waals surface area (Å²) in [5, 5.41) is 6.78. The molecule has 3 aromatic heterocycles. The fourth-order valence-corrected chi connectivity index (χ4v) is 3.00. The minimum atomic E-state index is -4.52. The van der Waals surface area contributed by atoms with Gasteiger partial charge in [-0.15, -0.1) is 0 Å². The third kappa shape index (κ3) is 4.45. The second-order valence-electron chi connectivity index (χ2n) is 6.80. The van der Waals surface area contributed by atoms with Crippen LogP contribution in [0, 0.1) is 6.92 Å². The number of pyridine rings is 2. The van der Waals surface area contributed by atoms with Gasteiger partial charge in [-0.05, 0) is 42.8 Å². The summed E-state index contributed by atoms with van der Waals surface area (Å²) in [6, 6.07) is 10.3. The molecule has 0 fully saturated rings. The number of alkyl halides is 3. The molecule has 4 aromatic rings. The molecule has 0 aliphatic carbocycles. The molecule has 0 saturated carbocycles. The van der Waals surface area contributed by atoms with E-state index >= 15 is 0 Å². The van der Waals surface area contributed by atoms with E-state index in [0.29, 0.717) is 5.69 Å². The number of carbonyl (C=O) groups excluding carboxylic acids is 1. The summed E-state index contributed by atoms with van der Waals surface area (Å²) in [4.78, 5) is 20.5. The van der Waals surface area contributed by atoms with Gasteiger partial charge in [-0.3, -0.25) is 9.78 Å². The number of halogens is 3. The maximum absolute atomic E-state index is 12.9. The van der Waals surface area contributed by atoms with E-state index in [9.17, 15) is 18.0 Å². The number of hydrogen-bond acceptors (Lipinski definition) is 4. The average Bonchev–Trinajstić information content (AvgIpc) is 3.24. The number of benzene rings is 1. The van der Waals surface area contributed by atoms with Gasteiger partial charge in [-0.2, -0.15) is 18.3 Å². The van der Waals surface area contributed by atoms with Crippen LogP contribution in [-0.2, 0) is 6.18 Å². The lowest BCUT2D eigenvalue weighted by atomic mass is 10.1. The van der Waals surface area contributed by atoms with Crippen LogP contribution in [0.2, 0.25) is 0 Å². The van der Waals surface area contributed by atoms with Crippen LogP contribution in [0.1, 0.15) is 21.5 Å². The van der Waals surface area contributed by atoms with Gasteiger partial charge >= 0.3 is 6.18 Å². The molecule has 0 unspecified atom stereocenters. The highest BCUT2D eigenvalue weighted by Crippen LogP contribution is 2.30. The first-order valence-corrected chi connectivity index (χ1v) is 9.22. The number of nitrogens with one attached hydrogen (secondary N) is 1. The molecule has 0 aliphatic rings. The van der Waals surface area contributed by atoms with Gasteiger partial charge < -0.3 is 5.32 Å². The summed E-state index contributed by atoms with van der Waals surface area (Å²) >= 11 is 0. The van der Waals surface area contributed by atoms with Crippen LogP contribution in [0.15, 0.2) is 73.4 Å². The van der Waals surface area contributed by atoms with E-state index in [2.05, 4.69) is 20.4 Å². The van der Waals surface area contributed by atoms with E-state index in [0.717, 1.165) is 35.0 Å². The Labute approximate surface area is 175 Å². The van der Waals surface area contributed by atoms with E-state index in [-0.39, 0.29) is 11.4 Å². The standard InChI is InChI=1S/C22H16F3N5O/c1-14-4-5-15(21(31)29-20-10-18(6-8-27-20)22(23,24)25)9-19(14)30-13-17(12-28-30)16-3-2-7-26-11-16/h2-13H,1H3,(H,27,29,31). The predicted octanol–water partition coefficient (Wildman–Crippen LogP) is 4.91. The van der Waals surface area contributed by atoms with Crippen molar-refractivity contribution in [1.82, 2.24) is 19.7 Å². The van der Waals surface area contributed by atoms with Crippen LogP contribution < -0.4 is 5.32 Å². The van der Waals surface area contributed by atoms with E-state index in [4.69, 9.17) is 0 Å². The van der Waals surface area contributed by atoms with Gasteiger partial charge in [-0.1, -0.05) is 12.1 Å². The normalized spacial score (nSPS) is 11.4. The quantitative estimate of drug-likeness (QED) is 0.506. The lowest BCUT2D eigenvalue weighted by Gasteiger charge is -2.11. The molecule has 9 heteroatoms. The number of amides is 1. The molecule has 0 saturated heterocycles. The molecule has 3 heterocycles. The van der Waals surface area contributed by atoms with Crippen molar-refractivity contribution < 1.29 is 18.0 Å². The summed E-state index contributed by atoms with van der Waals surface area (Å²) in [6.45, 7) is 1.87. The minimum absolute atomic E-state index is 0.181. The van der Waals surface area contributed by atoms with Gasteiger partial charge in [0.25, 0.3) is 5.91 Å². The molecule has 0 bridgehead atoms. The summed E-state index contributed by atoms with van der Waals surface area (Å²) in [5.74, 6) is -0.757. The van der Waals surface area contributed by atoms with Crippen molar-refractivity contribution in [2.75, 3.05) is 5.32 Å². The Hall–Kier alpha value is -4.01. The van der Waals surface area contributed by atoms with Gasteiger partial charge in [0, 0.05) is 41.5 Å². The van der Waals surface area contributed by atoms with Crippen LogP contribution in [0.5, 0.6) is 0 Å². The summed E-state index contributed by atoms with van der Waals surface area (Å²) in [7, 11) is 0. The van der Waals surface area contributed by atoms with Gasteiger partial charge in [0.05, 0.1) is 17.4 Å². The van der Waals surface area contributed by atoms with Crippen LogP contribution in [0.3, 0.4) is 0 Å². The molecule has 156 valence electrons. The molecule has 0 spiro atoms. The van der Waals surface area contributed by atoms with Gasteiger partial charge in [-0.25, -0.2) is 9.67 Å². The number of anilines is 1. The average molecular weight is 423 g/mol. The molecule has 31 heavy (non-hydrogen) atoms. The molecular weight excluding hydrogens is 407 g/mol. The van der Waals surface area contributed by atoms with Crippen LogP contribution >= 0.6 is 0 Å². The molecule has 1 aromatic carbocycles. The van der Waals surface area contributed by atoms with Crippen LogP contribution in [-0.4, -0.2) is 25.7 Å². The van der Waals surface area contributed by atoms with Crippen molar-refractivity contribution in [2.24, 2.45) is 0 Å².